The van der Waals surface area contributed by atoms with Gasteiger partial charge in [-0.2, -0.15) is 0 Å². The summed E-state index contributed by atoms with van der Waals surface area (Å²) < 4.78 is 7.54. The van der Waals surface area contributed by atoms with Gasteiger partial charge in [-0.15, -0.1) is 10.2 Å². The minimum atomic E-state index is -0.270. The van der Waals surface area contributed by atoms with Crippen LogP contribution in [0.5, 0.6) is 0 Å². The van der Waals surface area contributed by atoms with E-state index in [0.717, 1.165) is 5.69 Å². The standard InChI is InChI=1S/C17H24N6O2/c1-17(2,3)14-6-5-12(9-18-14)20-16(24)23-7-8-25-13(10-23)15-21-19-11-22(15)4/h5-6,9,11,13H,7-8,10H2,1-4H3,(H,20,24). The van der Waals surface area contributed by atoms with Gasteiger partial charge in [-0.1, -0.05) is 20.8 Å². The van der Waals surface area contributed by atoms with Gasteiger partial charge >= 0.3 is 6.03 Å². The van der Waals surface area contributed by atoms with Crippen molar-refractivity contribution in [3.63, 3.8) is 0 Å². The summed E-state index contributed by atoms with van der Waals surface area (Å²) in [5.41, 5.74) is 1.65. The van der Waals surface area contributed by atoms with Gasteiger partial charge in [-0.3, -0.25) is 4.98 Å². The first-order valence-electron chi connectivity index (χ1n) is 8.32. The highest BCUT2D eigenvalue weighted by atomic mass is 16.5. The summed E-state index contributed by atoms with van der Waals surface area (Å²) in [6, 6.07) is 3.66. The van der Waals surface area contributed by atoms with Crippen LogP contribution in [0.1, 0.15) is 38.4 Å². The number of hydrogen-bond donors (Lipinski definition) is 1. The molecular weight excluding hydrogens is 320 g/mol. The van der Waals surface area contributed by atoms with Crippen molar-refractivity contribution in [2.24, 2.45) is 7.05 Å². The van der Waals surface area contributed by atoms with E-state index in [1.807, 2.05) is 19.2 Å². The number of ether oxygens (including phenoxy) is 1. The van der Waals surface area contributed by atoms with Crippen LogP contribution in [0.3, 0.4) is 0 Å². The molecule has 0 spiro atoms. The number of rotatable bonds is 2. The summed E-state index contributed by atoms with van der Waals surface area (Å²) in [5, 5.41) is 10.8. The van der Waals surface area contributed by atoms with Gasteiger partial charge in [-0.25, -0.2) is 4.79 Å². The normalized spacial score (nSPS) is 18.2. The van der Waals surface area contributed by atoms with Crippen LogP contribution >= 0.6 is 0 Å². The third-order valence-corrected chi connectivity index (χ3v) is 4.17. The van der Waals surface area contributed by atoms with Crippen molar-refractivity contribution in [3.05, 3.63) is 36.2 Å². The van der Waals surface area contributed by atoms with Crippen LogP contribution in [0, 0.1) is 0 Å². The molecule has 25 heavy (non-hydrogen) atoms. The minimum Gasteiger partial charge on any atom is -0.366 e. The Labute approximate surface area is 147 Å². The Balaban J connectivity index is 1.64. The zero-order valence-electron chi connectivity index (χ0n) is 15.1. The van der Waals surface area contributed by atoms with Crippen LogP contribution in [0.15, 0.2) is 24.7 Å². The molecule has 1 aliphatic heterocycles. The van der Waals surface area contributed by atoms with E-state index in [-0.39, 0.29) is 17.6 Å². The summed E-state index contributed by atoms with van der Waals surface area (Å²) in [6.07, 6.45) is 3.05. The molecule has 0 radical (unpaired) electrons. The number of nitrogens with zero attached hydrogens (tertiary/aromatic N) is 5. The molecule has 1 N–H and O–H groups in total. The SMILES string of the molecule is Cn1cnnc1C1CN(C(=O)Nc2ccc(C(C)(C)C)nc2)CCO1. The van der Waals surface area contributed by atoms with Gasteiger partial charge in [0.05, 0.1) is 25.0 Å². The van der Waals surface area contributed by atoms with E-state index >= 15 is 0 Å². The number of aryl methyl sites for hydroxylation is 1. The third-order valence-electron chi connectivity index (χ3n) is 4.17. The highest BCUT2D eigenvalue weighted by Gasteiger charge is 2.28. The maximum atomic E-state index is 12.5. The van der Waals surface area contributed by atoms with Crippen molar-refractivity contribution in [1.82, 2.24) is 24.6 Å². The van der Waals surface area contributed by atoms with Crippen LogP contribution in [0.25, 0.3) is 0 Å². The Morgan fingerprint density at radius 1 is 1.36 bits per heavy atom. The molecular formula is C17H24N6O2. The maximum Gasteiger partial charge on any atom is 0.322 e. The van der Waals surface area contributed by atoms with Crippen molar-refractivity contribution >= 4 is 11.7 Å². The lowest BCUT2D eigenvalue weighted by Gasteiger charge is -2.32. The number of nitrogens with one attached hydrogen (secondary N) is 1. The largest absolute Gasteiger partial charge is 0.366 e. The first-order valence-corrected chi connectivity index (χ1v) is 8.32. The topological polar surface area (TPSA) is 85.2 Å². The third kappa shape index (κ3) is 3.96. The second kappa shape index (κ2) is 6.79. The van der Waals surface area contributed by atoms with Crippen LogP contribution in [-0.2, 0) is 17.2 Å². The molecule has 3 rings (SSSR count). The van der Waals surface area contributed by atoms with Crippen molar-refractivity contribution in [3.8, 4) is 0 Å². The number of morpholine rings is 1. The van der Waals surface area contributed by atoms with Crippen molar-refractivity contribution in [2.45, 2.75) is 32.3 Å². The molecule has 2 aromatic rings. The average Bonchev–Trinajstić information content (AvgIpc) is 3.01. The fourth-order valence-corrected chi connectivity index (χ4v) is 2.69. The smallest absolute Gasteiger partial charge is 0.322 e. The fourth-order valence-electron chi connectivity index (χ4n) is 2.69. The van der Waals surface area contributed by atoms with Crippen molar-refractivity contribution in [2.75, 3.05) is 25.0 Å². The molecule has 2 amide bonds. The minimum absolute atomic E-state index is 0.0178. The summed E-state index contributed by atoms with van der Waals surface area (Å²) in [5.74, 6) is 0.716. The number of aromatic nitrogens is 4. The molecule has 1 atom stereocenters. The highest BCUT2D eigenvalue weighted by Crippen LogP contribution is 2.22. The molecule has 0 saturated carbocycles. The van der Waals surface area contributed by atoms with Crippen molar-refractivity contribution < 1.29 is 9.53 Å². The summed E-state index contributed by atoms with van der Waals surface area (Å²) in [7, 11) is 1.86. The molecule has 2 aromatic heterocycles. The zero-order chi connectivity index (χ0) is 18.0. The fraction of sp³-hybridized carbons (Fsp3) is 0.529. The average molecular weight is 344 g/mol. The molecule has 1 saturated heterocycles. The molecule has 8 heteroatoms. The maximum absolute atomic E-state index is 12.5. The molecule has 134 valence electrons. The van der Waals surface area contributed by atoms with E-state index in [2.05, 4.69) is 41.3 Å². The van der Waals surface area contributed by atoms with E-state index in [0.29, 0.717) is 31.2 Å². The molecule has 1 unspecified atom stereocenters. The quantitative estimate of drug-likeness (QED) is 0.902. The summed E-state index contributed by atoms with van der Waals surface area (Å²) >= 11 is 0. The van der Waals surface area contributed by atoms with Gasteiger partial charge in [0.2, 0.25) is 0 Å². The lowest BCUT2D eigenvalue weighted by molar-refractivity contribution is -0.0196. The van der Waals surface area contributed by atoms with Gasteiger partial charge in [0, 0.05) is 24.7 Å². The molecule has 8 nitrogen and oxygen atoms in total. The lowest BCUT2D eigenvalue weighted by atomic mass is 9.92. The molecule has 3 heterocycles. The number of urea groups is 1. The van der Waals surface area contributed by atoms with E-state index in [4.69, 9.17) is 4.74 Å². The summed E-state index contributed by atoms with van der Waals surface area (Å²) in [6.45, 7) is 7.75. The number of pyridine rings is 1. The number of amides is 2. The van der Waals surface area contributed by atoms with Gasteiger partial charge in [0.15, 0.2) is 5.82 Å². The second-order valence-corrected chi connectivity index (χ2v) is 7.22. The number of carbonyl (C=O) groups excluding carboxylic acids is 1. The van der Waals surface area contributed by atoms with E-state index in [9.17, 15) is 4.79 Å². The van der Waals surface area contributed by atoms with Gasteiger partial charge in [0.1, 0.15) is 12.4 Å². The second-order valence-electron chi connectivity index (χ2n) is 7.22. The summed E-state index contributed by atoms with van der Waals surface area (Å²) in [4.78, 5) is 18.7. The van der Waals surface area contributed by atoms with Crippen LogP contribution in [-0.4, -0.2) is 50.4 Å². The zero-order valence-corrected chi connectivity index (χ0v) is 15.1. The van der Waals surface area contributed by atoms with E-state index in [1.54, 1.807) is 22.0 Å². The predicted octanol–water partition coefficient (Wildman–Crippen LogP) is 2.11. The lowest BCUT2D eigenvalue weighted by Crippen LogP contribution is -2.44. The molecule has 1 fully saturated rings. The van der Waals surface area contributed by atoms with Crippen LogP contribution in [0.2, 0.25) is 0 Å². The first-order chi connectivity index (χ1) is 11.8. The number of anilines is 1. The Kier molecular flexibility index (Phi) is 4.71. The molecule has 0 aromatic carbocycles. The first kappa shape index (κ1) is 17.3. The van der Waals surface area contributed by atoms with Crippen LogP contribution < -0.4 is 5.32 Å². The molecule has 0 aliphatic carbocycles. The predicted molar refractivity (Wildman–Crippen MR) is 93.2 cm³/mol. The van der Waals surface area contributed by atoms with Gasteiger partial charge in [-0.05, 0) is 12.1 Å². The van der Waals surface area contributed by atoms with Crippen molar-refractivity contribution in [1.29, 1.82) is 0 Å². The van der Waals surface area contributed by atoms with Gasteiger partial charge < -0.3 is 19.5 Å². The number of hydrogen-bond acceptors (Lipinski definition) is 5. The Bertz CT molecular complexity index is 734. The molecule has 0 bridgehead atoms. The van der Waals surface area contributed by atoms with E-state index in [1.165, 1.54) is 0 Å². The monoisotopic (exact) mass is 344 g/mol. The van der Waals surface area contributed by atoms with E-state index < -0.39 is 0 Å². The highest BCUT2D eigenvalue weighted by molar-refractivity contribution is 5.89. The Morgan fingerprint density at radius 3 is 2.76 bits per heavy atom. The van der Waals surface area contributed by atoms with Crippen LogP contribution in [0.4, 0.5) is 10.5 Å². The Hall–Kier alpha value is -2.48. The van der Waals surface area contributed by atoms with Gasteiger partial charge in [0.25, 0.3) is 0 Å². The molecule has 1 aliphatic rings. The number of carbonyl (C=O) groups is 1. The Morgan fingerprint density at radius 2 is 2.16 bits per heavy atom.